The van der Waals surface area contributed by atoms with Crippen LogP contribution < -0.4 is 20.7 Å². The molecule has 2 aromatic carbocycles. The Balaban J connectivity index is 1.80. The fraction of sp³-hybridized carbons (Fsp3) is 0.348. The third kappa shape index (κ3) is 6.92. The van der Waals surface area contributed by atoms with Crippen LogP contribution in [0.4, 0.5) is 16.2 Å². The van der Waals surface area contributed by atoms with E-state index in [2.05, 4.69) is 58.5 Å². The lowest BCUT2D eigenvalue weighted by Gasteiger charge is -2.20. The number of amides is 2. The predicted molar refractivity (Wildman–Crippen MR) is 127 cm³/mol. The second-order valence-corrected chi connectivity index (χ2v) is 6.60. The molecule has 0 aliphatic carbocycles. The second kappa shape index (κ2) is 12.3. The van der Waals surface area contributed by atoms with Crippen LogP contribution in [0.15, 0.2) is 58.7 Å². The quantitative estimate of drug-likeness (QED) is 0.460. The van der Waals surface area contributed by atoms with Gasteiger partial charge >= 0.3 is 6.03 Å². The normalized spacial score (nSPS) is 11.1. The molecule has 0 saturated heterocycles. The first-order valence-corrected chi connectivity index (χ1v) is 10.4. The molecule has 7 nitrogen and oxygen atoms in total. The summed E-state index contributed by atoms with van der Waals surface area (Å²) in [5.41, 5.74) is 8.96. The molecule has 0 bridgehead atoms. The number of nitrogens with one attached hydrogen (secondary N) is 2. The number of carbonyl (C=O) groups is 1. The van der Waals surface area contributed by atoms with Gasteiger partial charge in [0.2, 0.25) is 0 Å². The maximum Gasteiger partial charge on any atom is 0.355 e. The van der Waals surface area contributed by atoms with Crippen molar-refractivity contribution in [2.24, 2.45) is 10.2 Å². The molecule has 0 aliphatic heterocycles. The monoisotopic (exact) mass is 408 g/mol. The van der Waals surface area contributed by atoms with Crippen molar-refractivity contribution in [3.63, 3.8) is 0 Å². The van der Waals surface area contributed by atoms with Crippen molar-refractivity contribution < 1.29 is 4.79 Å². The molecule has 30 heavy (non-hydrogen) atoms. The van der Waals surface area contributed by atoms with E-state index in [1.165, 1.54) is 11.4 Å². The van der Waals surface area contributed by atoms with E-state index < -0.39 is 6.03 Å². The summed E-state index contributed by atoms with van der Waals surface area (Å²) in [6.45, 7) is 12.4. The molecular weight excluding hydrogens is 376 g/mol. The lowest BCUT2D eigenvalue weighted by Crippen LogP contribution is -2.28. The van der Waals surface area contributed by atoms with Gasteiger partial charge in [-0.05, 0) is 63.1 Å². The molecule has 0 spiro atoms. The molecule has 0 unspecified atom stereocenters. The first-order chi connectivity index (χ1) is 14.6. The first-order valence-electron chi connectivity index (χ1n) is 10.4. The van der Waals surface area contributed by atoms with Crippen LogP contribution in [0.3, 0.4) is 0 Å². The van der Waals surface area contributed by atoms with Crippen LogP contribution in [0, 0.1) is 0 Å². The van der Waals surface area contributed by atoms with Crippen LogP contribution in [-0.4, -0.2) is 44.6 Å². The average molecular weight is 409 g/mol. The molecule has 0 aromatic heterocycles. The van der Waals surface area contributed by atoms with Crippen molar-refractivity contribution in [3.8, 4) is 0 Å². The number of hydrazone groups is 2. The Hall–Kier alpha value is -3.35. The van der Waals surface area contributed by atoms with Crippen LogP contribution in [0.25, 0.3) is 0 Å². The van der Waals surface area contributed by atoms with Crippen LogP contribution in [-0.2, 0) is 0 Å². The van der Waals surface area contributed by atoms with E-state index in [1.54, 1.807) is 12.4 Å². The highest BCUT2D eigenvalue weighted by Gasteiger charge is 2.02. The Morgan fingerprint density at radius 2 is 1.03 bits per heavy atom. The van der Waals surface area contributed by atoms with E-state index in [1.807, 2.05) is 48.5 Å². The summed E-state index contributed by atoms with van der Waals surface area (Å²) in [6, 6.07) is 15.6. The number of carbonyl (C=O) groups excluding carboxylic acids is 1. The molecule has 0 heterocycles. The molecule has 2 N–H and O–H groups in total. The van der Waals surface area contributed by atoms with Gasteiger partial charge in [0, 0.05) is 37.6 Å². The van der Waals surface area contributed by atoms with Gasteiger partial charge in [-0.2, -0.15) is 10.2 Å². The number of hydrogen-bond donors (Lipinski definition) is 2. The van der Waals surface area contributed by atoms with Crippen molar-refractivity contribution in [1.82, 2.24) is 10.9 Å². The maximum atomic E-state index is 11.8. The molecule has 0 radical (unpaired) electrons. The average Bonchev–Trinajstić information content (AvgIpc) is 2.77. The molecule has 2 amide bonds. The van der Waals surface area contributed by atoms with Gasteiger partial charge in [-0.15, -0.1) is 0 Å². The Labute approximate surface area is 179 Å². The number of benzene rings is 2. The van der Waals surface area contributed by atoms with Gasteiger partial charge in [-0.1, -0.05) is 24.3 Å². The molecule has 0 aliphatic rings. The number of anilines is 2. The van der Waals surface area contributed by atoms with Crippen molar-refractivity contribution in [2.45, 2.75) is 27.7 Å². The fourth-order valence-electron chi connectivity index (χ4n) is 3.08. The Morgan fingerprint density at radius 1 is 0.700 bits per heavy atom. The highest BCUT2D eigenvalue weighted by molar-refractivity contribution is 5.84. The molecule has 0 saturated carbocycles. The van der Waals surface area contributed by atoms with Gasteiger partial charge in [0.05, 0.1) is 12.4 Å². The minimum atomic E-state index is -0.498. The van der Waals surface area contributed by atoms with E-state index in [0.717, 1.165) is 37.3 Å². The van der Waals surface area contributed by atoms with Crippen LogP contribution >= 0.6 is 0 Å². The SMILES string of the molecule is CCN(CC)c1ccc(/C=N\NC(=O)N/N=C/c2ccc(N(CC)CC)cc2)cc1. The number of rotatable bonds is 10. The lowest BCUT2D eigenvalue weighted by atomic mass is 10.2. The molecule has 160 valence electrons. The Kier molecular flexibility index (Phi) is 9.37. The summed E-state index contributed by atoms with van der Waals surface area (Å²) in [5, 5.41) is 7.90. The van der Waals surface area contributed by atoms with E-state index in [9.17, 15) is 4.79 Å². The Morgan fingerprint density at radius 3 is 1.33 bits per heavy atom. The summed E-state index contributed by atoms with van der Waals surface area (Å²) in [4.78, 5) is 16.3. The summed E-state index contributed by atoms with van der Waals surface area (Å²) in [6.07, 6.45) is 3.20. The van der Waals surface area contributed by atoms with Crippen LogP contribution in [0.2, 0.25) is 0 Å². The predicted octanol–water partition coefficient (Wildman–Crippen LogP) is 4.05. The van der Waals surface area contributed by atoms with Crippen LogP contribution in [0.5, 0.6) is 0 Å². The van der Waals surface area contributed by atoms with E-state index in [0.29, 0.717) is 0 Å². The minimum absolute atomic E-state index is 0.498. The Bertz CT molecular complexity index is 752. The number of nitrogens with zero attached hydrogens (tertiary/aromatic N) is 4. The minimum Gasteiger partial charge on any atom is -0.372 e. The molecule has 7 heteroatoms. The summed E-state index contributed by atoms with van der Waals surface area (Å²) >= 11 is 0. The summed E-state index contributed by atoms with van der Waals surface area (Å²) in [5.74, 6) is 0. The zero-order chi connectivity index (χ0) is 21.8. The highest BCUT2D eigenvalue weighted by atomic mass is 16.2. The fourth-order valence-corrected chi connectivity index (χ4v) is 3.08. The lowest BCUT2D eigenvalue weighted by molar-refractivity contribution is 0.242. The van der Waals surface area contributed by atoms with Gasteiger partial charge in [0.1, 0.15) is 0 Å². The third-order valence-electron chi connectivity index (χ3n) is 4.80. The molecule has 0 atom stereocenters. The van der Waals surface area contributed by atoms with Crippen molar-refractivity contribution in [2.75, 3.05) is 36.0 Å². The smallest absolute Gasteiger partial charge is 0.355 e. The largest absolute Gasteiger partial charge is 0.372 e. The number of urea groups is 1. The topological polar surface area (TPSA) is 72.3 Å². The standard InChI is InChI=1S/C23H32N6O/c1-5-28(6-2)21-13-9-19(10-14-21)17-24-26-23(30)27-25-18-20-11-15-22(16-12-20)29(7-3)8-4/h9-18H,5-8H2,1-4H3,(H2,26,27,30)/b24-17-,25-18+. The van der Waals surface area contributed by atoms with Gasteiger partial charge in [-0.3, -0.25) is 0 Å². The van der Waals surface area contributed by atoms with E-state index >= 15 is 0 Å². The van der Waals surface area contributed by atoms with Gasteiger partial charge in [-0.25, -0.2) is 15.6 Å². The summed E-state index contributed by atoms with van der Waals surface area (Å²) in [7, 11) is 0. The van der Waals surface area contributed by atoms with Crippen molar-refractivity contribution >= 4 is 29.8 Å². The molecule has 2 rings (SSSR count). The summed E-state index contributed by atoms with van der Waals surface area (Å²) < 4.78 is 0. The van der Waals surface area contributed by atoms with Gasteiger partial charge in [0.15, 0.2) is 0 Å². The van der Waals surface area contributed by atoms with Gasteiger partial charge in [0.25, 0.3) is 0 Å². The maximum absolute atomic E-state index is 11.8. The highest BCUT2D eigenvalue weighted by Crippen LogP contribution is 2.14. The third-order valence-corrected chi connectivity index (χ3v) is 4.80. The zero-order valence-electron chi connectivity index (χ0n) is 18.3. The second-order valence-electron chi connectivity index (χ2n) is 6.60. The van der Waals surface area contributed by atoms with Crippen molar-refractivity contribution in [1.29, 1.82) is 0 Å². The van der Waals surface area contributed by atoms with Crippen LogP contribution in [0.1, 0.15) is 38.8 Å². The van der Waals surface area contributed by atoms with E-state index in [-0.39, 0.29) is 0 Å². The molecule has 0 fully saturated rings. The first kappa shape index (κ1) is 22.9. The van der Waals surface area contributed by atoms with Gasteiger partial charge < -0.3 is 9.80 Å². The van der Waals surface area contributed by atoms with E-state index in [4.69, 9.17) is 0 Å². The molecule has 2 aromatic rings. The molecular formula is C23H32N6O. The van der Waals surface area contributed by atoms with Crippen molar-refractivity contribution in [3.05, 3.63) is 59.7 Å². The number of hydrogen-bond acceptors (Lipinski definition) is 5. The zero-order valence-corrected chi connectivity index (χ0v) is 18.3.